The number of anilines is 1. The summed E-state index contributed by atoms with van der Waals surface area (Å²) in [7, 11) is 4.56. The van der Waals surface area contributed by atoms with Gasteiger partial charge < -0.3 is 24.1 Å². The topological polar surface area (TPSA) is 82.0 Å². The first kappa shape index (κ1) is 21.7. The molecule has 3 rings (SSSR count). The molecule has 0 aliphatic carbocycles. The molecule has 1 aromatic heterocycles. The van der Waals surface area contributed by atoms with Crippen LogP contribution in [0, 0.1) is 0 Å². The van der Waals surface area contributed by atoms with Gasteiger partial charge in [0.15, 0.2) is 5.75 Å². The van der Waals surface area contributed by atoms with Crippen molar-refractivity contribution < 1.29 is 19.0 Å². The number of piperidine rings is 1. The van der Waals surface area contributed by atoms with E-state index in [-0.39, 0.29) is 23.6 Å². The molecule has 0 spiro atoms. The molecule has 2 heterocycles. The van der Waals surface area contributed by atoms with E-state index in [1.807, 2.05) is 0 Å². The highest BCUT2D eigenvalue weighted by Crippen LogP contribution is 2.29. The Labute approximate surface area is 176 Å². The number of nitrogens with one attached hydrogen (secondary N) is 1. The van der Waals surface area contributed by atoms with Gasteiger partial charge >= 0.3 is 0 Å². The minimum absolute atomic E-state index is 0.0506. The smallest absolute Gasteiger partial charge is 0.244 e. The first-order valence-electron chi connectivity index (χ1n) is 10.1. The number of carbonyl (C=O) groups is 1. The summed E-state index contributed by atoms with van der Waals surface area (Å²) in [5, 5.41) is 2.87. The van der Waals surface area contributed by atoms with Crippen molar-refractivity contribution in [2.24, 2.45) is 0 Å². The van der Waals surface area contributed by atoms with Crippen LogP contribution in [0.5, 0.6) is 17.2 Å². The highest BCUT2D eigenvalue weighted by atomic mass is 16.5. The van der Waals surface area contributed by atoms with Crippen LogP contribution in [0.3, 0.4) is 0 Å². The molecule has 1 saturated heterocycles. The fraction of sp³-hybridized carbons (Fsp3) is 0.455. The van der Waals surface area contributed by atoms with Crippen LogP contribution in [-0.4, -0.2) is 49.8 Å². The van der Waals surface area contributed by atoms with Crippen molar-refractivity contribution in [3.05, 3.63) is 46.4 Å². The number of benzene rings is 1. The Morgan fingerprint density at radius 2 is 1.73 bits per heavy atom. The lowest BCUT2D eigenvalue weighted by atomic mass is 10.1. The minimum atomic E-state index is -0.232. The number of pyridine rings is 1. The Hall–Kier alpha value is -3.00. The maximum atomic E-state index is 12.8. The second kappa shape index (κ2) is 10.2. The number of amides is 1. The van der Waals surface area contributed by atoms with Gasteiger partial charge in [-0.15, -0.1) is 0 Å². The SMILES string of the molecule is COc1ccc(NC(=O)Cn2cc(OC)c(=O)cc2CN2CCCCC2)c(OC)c1. The van der Waals surface area contributed by atoms with E-state index in [9.17, 15) is 9.59 Å². The third kappa shape index (κ3) is 5.33. The van der Waals surface area contributed by atoms with Gasteiger partial charge in [-0.2, -0.15) is 0 Å². The molecule has 1 N–H and O–H groups in total. The average molecular weight is 415 g/mol. The number of hydrogen-bond acceptors (Lipinski definition) is 6. The van der Waals surface area contributed by atoms with E-state index >= 15 is 0 Å². The molecule has 1 aliphatic heterocycles. The summed E-state index contributed by atoms with van der Waals surface area (Å²) < 4.78 is 17.5. The lowest BCUT2D eigenvalue weighted by Gasteiger charge is -2.27. The summed E-state index contributed by atoms with van der Waals surface area (Å²) in [6, 6.07) is 6.76. The van der Waals surface area contributed by atoms with E-state index < -0.39 is 0 Å². The van der Waals surface area contributed by atoms with Gasteiger partial charge in [-0.3, -0.25) is 14.5 Å². The first-order chi connectivity index (χ1) is 14.5. The fourth-order valence-corrected chi connectivity index (χ4v) is 3.62. The summed E-state index contributed by atoms with van der Waals surface area (Å²) >= 11 is 0. The van der Waals surface area contributed by atoms with E-state index in [1.54, 1.807) is 42.1 Å². The number of ether oxygens (including phenoxy) is 3. The summed E-state index contributed by atoms with van der Waals surface area (Å²) in [6.07, 6.45) is 5.14. The molecule has 1 aromatic carbocycles. The predicted octanol–water partition coefficient (Wildman–Crippen LogP) is 2.50. The van der Waals surface area contributed by atoms with E-state index in [4.69, 9.17) is 14.2 Å². The highest BCUT2D eigenvalue weighted by molar-refractivity contribution is 5.92. The van der Waals surface area contributed by atoms with Gasteiger partial charge in [-0.25, -0.2) is 0 Å². The van der Waals surface area contributed by atoms with Crippen LogP contribution in [0.1, 0.15) is 25.0 Å². The number of methoxy groups -OCH3 is 3. The van der Waals surface area contributed by atoms with Crippen LogP contribution >= 0.6 is 0 Å². The molecule has 0 unspecified atom stereocenters. The molecule has 2 aromatic rings. The molecule has 1 aliphatic rings. The van der Waals surface area contributed by atoms with Gasteiger partial charge in [0, 0.05) is 24.4 Å². The molecule has 162 valence electrons. The molecule has 1 fully saturated rings. The molecule has 0 saturated carbocycles. The average Bonchev–Trinajstić information content (AvgIpc) is 2.76. The quantitative estimate of drug-likeness (QED) is 0.713. The van der Waals surface area contributed by atoms with Crippen LogP contribution in [-0.2, 0) is 17.9 Å². The zero-order chi connectivity index (χ0) is 21.5. The third-order valence-electron chi connectivity index (χ3n) is 5.23. The van der Waals surface area contributed by atoms with Gasteiger partial charge in [-0.05, 0) is 38.1 Å². The summed E-state index contributed by atoms with van der Waals surface area (Å²) in [5.41, 5.74) is 1.16. The van der Waals surface area contributed by atoms with Gasteiger partial charge in [0.25, 0.3) is 0 Å². The van der Waals surface area contributed by atoms with Crippen LogP contribution < -0.4 is 25.0 Å². The largest absolute Gasteiger partial charge is 0.497 e. The third-order valence-corrected chi connectivity index (χ3v) is 5.23. The number of hydrogen-bond donors (Lipinski definition) is 1. The van der Waals surface area contributed by atoms with E-state index in [1.165, 1.54) is 20.6 Å². The molecule has 1 amide bonds. The maximum Gasteiger partial charge on any atom is 0.244 e. The fourth-order valence-electron chi connectivity index (χ4n) is 3.62. The second-order valence-electron chi connectivity index (χ2n) is 7.28. The minimum Gasteiger partial charge on any atom is -0.497 e. The first-order valence-corrected chi connectivity index (χ1v) is 10.1. The zero-order valence-electron chi connectivity index (χ0n) is 17.8. The number of carbonyl (C=O) groups excluding carboxylic acids is 1. The summed E-state index contributed by atoms with van der Waals surface area (Å²) in [6.45, 7) is 2.66. The van der Waals surface area contributed by atoms with Crippen molar-refractivity contribution in [2.75, 3.05) is 39.7 Å². The monoisotopic (exact) mass is 415 g/mol. The maximum absolute atomic E-state index is 12.8. The Kier molecular flexibility index (Phi) is 7.35. The normalized spacial score (nSPS) is 14.2. The van der Waals surface area contributed by atoms with Gasteiger partial charge in [0.2, 0.25) is 11.3 Å². The number of nitrogens with zero attached hydrogens (tertiary/aromatic N) is 2. The zero-order valence-corrected chi connectivity index (χ0v) is 17.8. The van der Waals surface area contributed by atoms with Crippen LogP contribution in [0.15, 0.2) is 35.3 Å². The van der Waals surface area contributed by atoms with Crippen molar-refractivity contribution in [3.8, 4) is 17.2 Å². The Morgan fingerprint density at radius 1 is 1.00 bits per heavy atom. The van der Waals surface area contributed by atoms with E-state index in [2.05, 4.69) is 10.2 Å². The molecule has 0 radical (unpaired) electrons. The highest BCUT2D eigenvalue weighted by Gasteiger charge is 2.16. The molecular weight excluding hydrogens is 386 g/mol. The molecule has 0 bridgehead atoms. The van der Waals surface area contributed by atoms with Gasteiger partial charge in [-0.1, -0.05) is 6.42 Å². The molecule has 8 nitrogen and oxygen atoms in total. The van der Waals surface area contributed by atoms with Crippen LogP contribution in [0.2, 0.25) is 0 Å². The molecule has 30 heavy (non-hydrogen) atoms. The lowest BCUT2D eigenvalue weighted by molar-refractivity contribution is -0.116. The van der Waals surface area contributed by atoms with Crippen molar-refractivity contribution in [1.82, 2.24) is 9.47 Å². The summed E-state index contributed by atoms with van der Waals surface area (Å²) in [4.78, 5) is 27.4. The second-order valence-corrected chi connectivity index (χ2v) is 7.28. The Balaban J connectivity index is 1.80. The van der Waals surface area contributed by atoms with Crippen molar-refractivity contribution in [3.63, 3.8) is 0 Å². The van der Waals surface area contributed by atoms with Crippen molar-refractivity contribution >= 4 is 11.6 Å². The lowest BCUT2D eigenvalue weighted by Crippen LogP contribution is -2.32. The Bertz CT molecular complexity index is 935. The molecule has 8 heteroatoms. The van der Waals surface area contributed by atoms with Gasteiger partial charge in [0.1, 0.15) is 18.0 Å². The number of aromatic nitrogens is 1. The van der Waals surface area contributed by atoms with Gasteiger partial charge in [0.05, 0.1) is 33.2 Å². The van der Waals surface area contributed by atoms with E-state index in [0.29, 0.717) is 23.7 Å². The van der Waals surface area contributed by atoms with Crippen LogP contribution in [0.4, 0.5) is 5.69 Å². The van der Waals surface area contributed by atoms with Crippen molar-refractivity contribution in [2.45, 2.75) is 32.4 Å². The molecule has 0 atom stereocenters. The van der Waals surface area contributed by atoms with E-state index in [0.717, 1.165) is 31.6 Å². The standard InChI is InChI=1S/C22H29N3O5/c1-28-17-7-8-18(20(12-17)29-2)23-22(27)15-25-14-21(30-3)19(26)11-16(25)13-24-9-5-4-6-10-24/h7-8,11-12,14H,4-6,9-10,13,15H2,1-3H3,(H,23,27). The van der Waals surface area contributed by atoms with Crippen LogP contribution in [0.25, 0.3) is 0 Å². The predicted molar refractivity (Wildman–Crippen MR) is 115 cm³/mol. The number of rotatable bonds is 8. The summed E-state index contributed by atoms with van der Waals surface area (Å²) in [5.74, 6) is 1.13. The Morgan fingerprint density at radius 3 is 2.40 bits per heavy atom. The molecular formula is C22H29N3O5. The number of likely N-dealkylation sites (tertiary alicyclic amines) is 1. The van der Waals surface area contributed by atoms with Crippen molar-refractivity contribution in [1.29, 1.82) is 0 Å².